The number of amides is 2. The number of nitrogens with one attached hydrogen (secondary N) is 1. The van der Waals surface area contributed by atoms with E-state index in [1.54, 1.807) is 30.4 Å². The molecule has 2 amide bonds. The van der Waals surface area contributed by atoms with Crippen molar-refractivity contribution in [3.05, 3.63) is 54.0 Å². The van der Waals surface area contributed by atoms with Gasteiger partial charge in [-0.05, 0) is 30.2 Å². The number of carbonyl (C=O) groups is 2. The Labute approximate surface area is 146 Å². The minimum Gasteiger partial charge on any atom is -0.496 e. The summed E-state index contributed by atoms with van der Waals surface area (Å²) in [5, 5.41) is 2.83. The average molecular weight is 342 g/mol. The van der Waals surface area contributed by atoms with Gasteiger partial charge in [0.2, 0.25) is 11.8 Å². The van der Waals surface area contributed by atoms with Crippen LogP contribution in [0.2, 0.25) is 0 Å². The zero-order chi connectivity index (χ0) is 17.6. The van der Waals surface area contributed by atoms with Gasteiger partial charge in [0.1, 0.15) is 11.5 Å². The number of nitrogens with zero attached hydrogens (tertiary/aromatic N) is 1. The second-order valence-corrected chi connectivity index (χ2v) is 6.10. The van der Waals surface area contributed by atoms with Crippen LogP contribution in [0, 0.1) is 5.92 Å². The summed E-state index contributed by atoms with van der Waals surface area (Å²) >= 11 is 0. The molecule has 1 aromatic heterocycles. The molecule has 25 heavy (non-hydrogen) atoms. The van der Waals surface area contributed by atoms with Crippen molar-refractivity contribution in [2.75, 3.05) is 20.2 Å². The van der Waals surface area contributed by atoms with Gasteiger partial charge in [0.15, 0.2) is 0 Å². The van der Waals surface area contributed by atoms with E-state index in [9.17, 15) is 9.59 Å². The van der Waals surface area contributed by atoms with E-state index in [2.05, 4.69) is 5.32 Å². The molecule has 1 atom stereocenters. The first-order valence-electron chi connectivity index (χ1n) is 8.37. The number of para-hydroxylation sites is 1. The van der Waals surface area contributed by atoms with E-state index in [1.165, 1.54) is 0 Å². The van der Waals surface area contributed by atoms with Gasteiger partial charge in [0.25, 0.3) is 0 Å². The summed E-state index contributed by atoms with van der Waals surface area (Å²) in [5.41, 5.74) is 1.06. The molecule has 1 N–H and O–H groups in total. The third-order valence-electron chi connectivity index (χ3n) is 4.45. The number of likely N-dealkylation sites (tertiary alicyclic amines) is 1. The molecule has 6 nitrogen and oxygen atoms in total. The molecule has 0 bridgehead atoms. The number of benzene rings is 1. The lowest BCUT2D eigenvalue weighted by Crippen LogP contribution is -2.33. The molecule has 0 saturated carbocycles. The molecule has 0 aliphatic carbocycles. The highest BCUT2D eigenvalue weighted by atomic mass is 16.5. The lowest BCUT2D eigenvalue weighted by Gasteiger charge is -2.17. The highest BCUT2D eigenvalue weighted by Gasteiger charge is 2.33. The van der Waals surface area contributed by atoms with Crippen molar-refractivity contribution in [2.24, 2.45) is 5.92 Å². The molecule has 2 aromatic rings. The van der Waals surface area contributed by atoms with Gasteiger partial charge in [0.05, 0.1) is 25.8 Å². The Kier molecular flexibility index (Phi) is 5.38. The van der Waals surface area contributed by atoms with Gasteiger partial charge in [-0.3, -0.25) is 9.59 Å². The van der Waals surface area contributed by atoms with Gasteiger partial charge < -0.3 is 19.4 Å². The second-order valence-electron chi connectivity index (χ2n) is 6.10. The van der Waals surface area contributed by atoms with Crippen LogP contribution >= 0.6 is 0 Å². The second kappa shape index (κ2) is 7.88. The van der Waals surface area contributed by atoms with Crippen LogP contribution < -0.4 is 10.1 Å². The monoisotopic (exact) mass is 342 g/mol. The van der Waals surface area contributed by atoms with Crippen molar-refractivity contribution >= 4 is 11.8 Å². The molecule has 6 heteroatoms. The maximum Gasteiger partial charge on any atom is 0.225 e. The molecule has 1 saturated heterocycles. The van der Waals surface area contributed by atoms with E-state index in [0.717, 1.165) is 11.3 Å². The van der Waals surface area contributed by atoms with Crippen LogP contribution in [0.1, 0.15) is 17.7 Å². The molecule has 132 valence electrons. The largest absolute Gasteiger partial charge is 0.496 e. The molecular weight excluding hydrogens is 320 g/mol. The predicted molar refractivity (Wildman–Crippen MR) is 91.9 cm³/mol. The normalized spacial score (nSPS) is 16.9. The summed E-state index contributed by atoms with van der Waals surface area (Å²) in [6, 6.07) is 11.4. The molecule has 1 aromatic carbocycles. The highest BCUT2D eigenvalue weighted by Crippen LogP contribution is 2.22. The summed E-state index contributed by atoms with van der Waals surface area (Å²) in [4.78, 5) is 26.2. The third kappa shape index (κ3) is 4.21. The zero-order valence-electron chi connectivity index (χ0n) is 14.2. The Balaban J connectivity index is 1.51. The van der Waals surface area contributed by atoms with Gasteiger partial charge in [-0.15, -0.1) is 0 Å². The standard InChI is InChI=1S/C19H22N2O4/c1-24-17-7-3-2-5-14(17)8-9-21-13-15(11-18(21)22)19(23)20-12-16-6-4-10-25-16/h2-7,10,15H,8-9,11-13H2,1H3,(H,20,23). The fourth-order valence-electron chi connectivity index (χ4n) is 3.06. The summed E-state index contributed by atoms with van der Waals surface area (Å²) < 4.78 is 10.5. The first-order chi connectivity index (χ1) is 12.2. The van der Waals surface area contributed by atoms with Crippen LogP contribution in [0.15, 0.2) is 47.1 Å². The quantitative estimate of drug-likeness (QED) is 0.835. The zero-order valence-corrected chi connectivity index (χ0v) is 14.2. The van der Waals surface area contributed by atoms with Crippen LogP contribution in [0.5, 0.6) is 5.75 Å². The van der Waals surface area contributed by atoms with Crippen molar-refractivity contribution in [2.45, 2.75) is 19.4 Å². The highest BCUT2D eigenvalue weighted by molar-refractivity contribution is 5.89. The van der Waals surface area contributed by atoms with E-state index in [4.69, 9.17) is 9.15 Å². The minimum absolute atomic E-state index is 0.0213. The fraction of sp³-hybridized carbons (Fsp3) is 0.368. The number of hydrogen-bond donors (Lipinski definition) is 1. The number of furan rings is 1. The Bertz CT molecular complexity index is 727. The molecule has 0 radical (unpaired) electrons. The topological polar surface area (TPSA) is 71.8 Å². The number of carbonyl (C=O) groups excluding carboxylic acids is 2. The van der Waals surface area contributed by atoms with E-state index in [1.807, 2.05) is 24.3 Å². The smallest absolute Gasteiger partial charge is 0.225 e. The van der Waals surface area contributed by atoms with Gasteiger partial charge in [-0.25, -0.2) is 0 Å². The van der Waals surface area contributed by atoms with Gasteiger partial charge in [-0.1, -0.05) is 18.2 Å². The minimum atomic E-state index is -0.305. The molecule has 1 aliphatic rings. The lowest BCUT2D eigenvalue weighted by atomic mass is 10.1. The third-order valence-corrected chi connectivity index (χ3v) is 4.45. The first kappa shape index (κ1) is 17.1. The Hall–Kier alpha value is -2.76. The van der Waals surface area contributed by atoms with E-state index in [0.29, 0.717) is 31.8 Å². The maximum absolute atomic E-state index is 12.3. The Morgan fingerprint density at radius 2 is 2.16 bits per heavy atom. The van der Waals surface area contributed by atoms with Crippen LogP contribution in [0.3, 0.4) is 0 Å². The molecular formula is C19H22N2O4. The summed E-state index contributed by atoms with van der Waals surface area (Å²) in [5.74, 6) is 1.13. The van der Waals surface area contributed by atoms with E-state index >= 15 is 0 Å². The van der Waals surface area contributed by atoms with Crippen molar-refractivity contribution in [3.63, 3.8) is 0 Å². The Morgan fingerprint density at radius 1 is 1.32 bits per heavy atom. The molecule has 1 aliphatic heterocycles. The molecule has 1 unspecified atom stereocenters. The number of methoxy groups -OCH3 is 1. The van der Waals surface area contributed by atoms with Gasteiger partial charge >= 0.3 is 0 Å². The molecule has 3 rings (SSSR count). The summed E-state index contributed by atoms with van der Waals surface area (Å²) in [6.07, 6.45) is 2.53. The van der Waals surface area contributed by atoms with Crippen LogP contribution in [0.4, 0.5) is 0 Å². The predicted octanol–water partition coefficient (Wildman–Crippen LogP) is 2.00. The summed E-state index contributed by atoms with van der Waals surface area (Å²) in [7, 11) is 1.64. The van der Waals surface area contributed by atoms with Crippen molar-refractivity contribution in [3.8, 4) is 5.75 Å². The maximum atomic E-state index is 12.3. The molecule has 2 heterocycles. The molecule has 1 fully saturated rings. The van der Waals surface area contributed by atoms with Crippen molar-refractivity contribution < 1.29 is 18.7 Å². The first-order valence-corrected chi connectivity index (χ1v) is 8.37. The number of ether oxygens (including phenoxy) is 1. The van der Waals surface area contributed by atoms with E-state index < -0.39 is 0 Å². The summed E-state index contributed by atoms with van der Waals surface area (Å²) in [6.45, 7) is 1.39. The van der Waals surface area contributed by atoms with Gasteiger partial charge in [0, 0.05) is 19.5 Å². The SMILES string of the molecule is COc1ccccc1CCN1CC(C(=O)NCc2ccco2)CC1=O. The lowest BCUT2D eigenvalue weighted by molar-refractivity contribution is -0.129. The fourth-order valence-corrected chi connectivity index (χ4v) is 3.06. The number of rotatable bonds is 7. The van der Waals surface area contributed by atoms with Crippen LogP contribution in [0.25, 0.3) is 0 Å². The Morgan fingerprint density at radius 3 is 2.92 bits per heavy atom. The average Bonchev–Trinajstić information content (AvgIpc) is 3.28. The number of hydrogen-bond acceptors (Lipinski definition) is 4. The van der Waals surface area contributed by atoms with Gasteiger partial charge in [-0.2, -0.15) is 0 Å². The van der Waals surface area contributed by atoms with Crippen LogP contribution in [-0.2, 0) is 22.6 Å². The van der Waals surface area contributed by atoms with Crippen molar-refractivity contribution in [1.29, 1.82) is 0 Å². The van der Waals surface area contributed by atoms with Crippen molar-refractivity contribution in [1.82, 2.24) is 10.2 Å². The molecule has 0 spiro atoms. The van der Waals surface area contributed by atoms with Crippen LogP contribution in [-0.4, -0.2) is 36.9 Å². The van der Waals surface area contributed by atoms with E-state index in [-0.39, 0.29) is 24.2 Å².